The minimum atomic E-state index is 0.446. The third-order valence-electron chi connectivity index (χ3n) is 5.75. The first-order valence-corrected chi connectivity index (χ1v) is 12.3. The predicted octanol–water partition coefficient (Wildman–Crippen LogP) is 6.42. The molecule has 2 aromatic heterocycles. The van der Waals surface area contributed by atoms with Crippen molar-refractivity contribution >= 4 is 23.1 Å². The maximum Gasteiger partial charge on any atom is 0.213 e. The van der Waals surface area contributed by atoms with Gasteiger partial charge in [0.25, 0.3) is 0 Å². The van der Waals surface area contributed by atoms with E-state index < -0.39 is 0 Å². The van der Waals surface area contributed by atoms with Crippen molar-refractivity contribution in [3.05, 3.63) is 76.7 Å². The molecule has 0 spiro atoms. The van der Waals surface area contributed by atoms with Crippen LogP contribution < -0.4 is 9.47 Å². The molecule has 0 radical (unpaired) electrons. The minimum absolute atomic E-state index is 0.446. The third-order valence-corrected chi connectivity index (χ3v) is 6.06. The summed E-state index contributed by atoms with van der Waals surface area (Å²) in [5, 5.41) is 0.981. The summed E-state index contributed by atoms with van der Waals surface area (Å²) in [5.41, 5.74) is 4.97. The number of benzene rings is 2. The number of rotatable bonds is 10. The molecule has 0 aliphatic rings. The van der Waals surface area contributed by atoms with Gasteiger partial charge in [-0.25, -0.2) is 9.97 Å². The molecule has 0 saturated carbocycles. The van der Waals surface area contributed by atoms with Crippen LogP contribution in [-0.4, -0.2) is 41.5 Å². The van der Waals surface area contributed by atoms with Crippen LogP contribution in [0.5, 0.6) is 11.6 Å². The molecule has 0 amide bonds. The summed E-state index contributed by atoms with van der Waals surface area (Å²) in [5.74, 6) is 1.83. The summed E-state index contributed by atoms with van der Waals surface area (Å²) in [6, 6.07) is 20.3. The van der Waals surface area contributed by atoms with Crippen molar-refractivity contribution in [1.29, 1.82) is 0 Å². The van der Waals surface area contributed by atoms with E-state index in [0.717, 1.165) is 33.6 Å². The largest absolute Gasteiger partial charge is 0.494 e. The lowest BCUT2D eigenvalue weighted by atomic mass is 9.99. The molecule has 4 rings (SSSR count). The fourth-order valence-electron chi connectivity index (χ4n) is 3.93. The first-order chi connectivity index (χ1) is 17.0. The summed E-state index contributed by atoms with van der Waals surface area (Å²) < 4.78 is 19.1. The highest BCUT2D eigenvalue weighted by molar-refractivity contribution is 7.71. The van der Waals surface area contributed by atoms with Crippen molar-refractivity contribution in [3.8, 4) is 22.9 Å². The molecule has 0 aliphatic heterocycles. The van der Waals surface area contributed by atoms with E-state index in [4.69, 9.17) is 31.4 Å². The highest BCUT2D eigenvalue weighted by atomic mass is 32.1. The monoisotopic (exact) mass is 489 g/mol. The fourth-order valence-corrected chi connectivity index (χ4v) is 4.19. The van der Waals surface area contributed by atoms with Gasteiger partial charge in [0.15, 0.2) is 0 Å². The van der Waals surface area contributed by atoms with E-state index in [0.29, 0.717) is 42.9 Å². The van der Waals surface area contributed by atoms with Crippen LogP contribution in [0.25, 0.3) is 22.2 Å². The van der Waals surface area contributed by atoms with Gasteiger partial charge in [0.05, 0.1) is 36.7 Å². The quantitative estimate of drug-likeness (QED) is 0.189. The van der Waals surface area contributed by atoms with E-state index in [1.807, 2.05) is 47.9 Å². The molecule has 182 valence electrons. The van der Waals surface area contributed by atoms with Crippen LogP contribution in [0.1, 0.15) is 37.9 Å². The van der Waals surface area contributed by atoms with Crippen LogP contribution in [0, 0.1) is 4.77 Å². The number of hydrogen-bond donors (Lipinski definition) is 0. The minimum Gasteiger partial charge on any atom is -0.494 e. The molecule has 0 aliphatic carbocycles. The smallest absolute Gasteiger partial charge is 0.213 e. The summed E-state index contributed by atoms with van der Waals surface area (Å²) in [6.07, 6.45) is 0. The van der Waals surface area contributed by atoms with E-state index >= 15 is 0 Å². The van der Waals surface area contributed by atoms with E-state index in [1.54, 1.807) is 7.11 Å². The second kappa shape index (κ2) is 11.4. The van der Waals surface area contributed by atoms with Gasteiger partial charge in [-0.1, -0.05) is 44.2 Å². The van der Waals surface area contributed by atoms with Gasteiger partial charge in [-0.3, -0.25) is 0 Å². The lowest BCUT2D eigenvalue weighted by molar-refractivity contribution is 0.143. The van der Waals surface area contributed by atoms with Gasteiger partial charge < -0.3 is 18.8 Å². The Morgan fingerprint density at radius 2 is 1.74 bits per heavy atom. The molecule has 0 saturated heterocycles. The fraction of sp³-hybridized carbons (Fsp3) is 0.321. The second-order valence-corrected chi connectivity index (χ2v) is 8.89. The van der Waals surface area contributed by atoms with Crippen LogP contribution >= 0.6 is 12.2 Å². The Kier molecular flexibility index (Phi) is 8.10. The molecule has 2 aromatic carbocycles. The Bertz CT molecular complexity index is 1350. The van der Waals surface area contributed by atoms with Crippen LogP contribution in [0.15, 0.2) is 60.7 Å². The van der Waals surface area contributed by atoms with Crippen molar-refractivity contribution in [1.82, 2.24) is 14.5 Å². The van der Waals surface area contributed by atoms with Gasteiger partial charge >= 0.3 is 0 Å². The molecule has 0 bridgehead atoms. The topological polar surface area (TPSA) is 58.4 Å². The van der Waals surface area contributed by atoms with Gasteiger partial charge in [0, 0.05) is 24.1 Å². The number of hydrogen-bond acceptors (Lipinski definition) is 6. The van der Waals surface area contributed by atoms with Crippen molar-refractivity contribution in [2.75, 3.05) is 26.9 Å². The Morgan fingerprint density at radius 1 is 0.943 bits per heavy atom. The predicted molar refractivity (Wildman–Crippen MR) is 142 cm³/mol. The first-order valence-electron chi connectivity index (χ1n) is 11.9. The first kappa shape index (κ1) is 24.8. The van der Waals surface area contributed by atoms with Gasteiger partial charge in [-0.05, 0) is 54.9 Å². The Hall–Kier alpha value is -3.29. The van der Waals surface area contributed by atoms with E-state index in [1.165, 1.54) is 5.56 Å². The number of nitrogens with zero attached hydrogens (tertiary/aromatic N) is 3. The molecular weight excluding hydrogens is 458 g/mol. The molecule has 35 heavy (non-hydrogen) atoms. The lowest BCUT2D eigenvalue weighted by Gasteiger charge is -2.16. The molecule has 6 nitrogen and oxygen atoms in total. The third kappa shape index (κ3) is 5.86. The molecule has 0 atom stereocenters. The number of aromatic nitrogens is 3. The Morgan fingerprint density at radius 3 is 2.46 bits per heavy atom. The molecule has 2 heterocycles. The maximum absolute atomic E-state index is 5.80. The SMILES string of the molecule is CCOc1ccc2c(c1)c(-c1ccc(C(C)C)cc1)nc(=S)n2Cc1cccc(OCCOC)n1. The average Bonchev–Trinajstić information content (AvgIpc) is 2.86. The van der Waals surface area contributed by atoms with Gasteiger partial charge in [0.1, 0.15) is 12.4 Å². The van der Waals surface area contributed by atoms with Crippen molar-refractivity contribution in [3.63, 3.8) is 0 Å². The van der Waals surface area contributed by atoms with Gasteiger partial charge in [-0.15, -0.1) is 0 Å². The number of pyridine rings is 1. The molecule has 0 fully saturated rings. The Labute approximate surface area is 211 Å². The molecular formula is C28H31N3O3S. The zero-order valence-corrected chi connectivity index (χ0v) is 21.5. The number of ether oxygens (including phenoxy) is 3. The van der Waals surface area contributed by atoms with Crippen molar-refractivity contribution in [2.24, 2.45) is 0 Å². The van der Waals surface area contributed by atoms with E-state index in [2.05, 4.69) is 43.1 Å². The van der Waals surface area contributed by atoms with Gasteiger partial charge in [-0.2, -0.15) is 0 Å². The number of fused-ring (bicyclic) bond motifs is 1. The molecule has 0 N–H and O–H groups in total. The molecule has 0 unspecified atom stereocenters. The summed E-state index contributed by atoms with van der Waals surface area (Å²) in [7, 11) is 1.65. The van der Waals surface area contributed by atoms with E-state index in [9.17, 15) is 0 Å². The zero-order valence-electron chi connectivity index (χ0n) is 20.7. The number of methoxy groups -OCH3 is 1. The average molecular weight is 490 g/mol. The van der Waals surface area contributed by atoms with E-state index in [-0.39, 0.29) is 0 Å². The lowest BCUT2D eigenvalue weighted by Crippen LogP contribution is -2.10. The summed E-state index contributed by atoms with van der Waals surface area (Å²) in [6.45, 7) is 8.38. The van der Waals surface area contributed by atoms with Crippen LogP contribution in [0.2, 0.25) is 0 Å². The van der Waals surface area contributed by atoms with Crippen molar-refractivity contribution < 1.29 is 14.2 Å². The van der Waals surface area contributed by atoms with Gasteiger partial charge in [0.2, 0.25) is 10.7 Å². The second-order valence-electron chi connectivity index (χ2n) is 8.53. The van der Waals surface area contributed by atoms with Crippen LogP contribution in [0.3, 0.4) is 0 Å². The van der Waals surface area contributed by atoms with Crippen LogP contribution in [0.4, 0.5) is 0 Å². The zero-order chi connectivity index (χ0) is 24.8. The normalized spacial score (nSPS) is 11.2. The standard InChI is InChI=1S/C28H31N3O3S/c1-5-33-23-13-14-25-24(17-23)27(21-11-9-20(10-12-21)19(2)3)30-28(35)31(25)18-22-7-6-8-26(29-22)34-16-15-32-4/h6-14,17,19H,5,15-16,18H2,1-4H3. The highest BCUT2D eigenvalue weighted by Gasteiger charge is 2.14. The molecule has 4 aromatic rings. The Balaban J connectivity index is 1.78. The summed E-state index contributed by atoms with van der Waals surface area (Å²) >= 11 is 5.78. The summed E-state index contributed by atoms with van der Waals surface area (Å²) in [4.78, 5) is 9.52. The highest BCUT2D eigenvalue weighted by Crippen LogP contribution is 2.31. The maximum atomic E-state index is 5.80. The van der Waals surface area contributed by atoms with Crippen LogP contribution in [-0.2, 0) is 11.3 Å². The van der Waals surface area contributed by atoms with Crippen molar-refractivity contribution in [2.45, 2.75) is 33.2 Å². The molecule has 7 heteroatoms.